The zero-order valence-electron chi connectivity index (χ0n) is 11.3. The van der Waals surface area contributed by atoms with E-state index in [-0.39, 0.29) is 11.9 Å². The highest BCUT2D eigenvalue weighted by molar-refractivity contribution is 6.31. The molecule has 0 amide bonds. The number of imidazole rings is 1. The second-order valence-corrected chi connectivity index (χ2v) is 4.81. The summed E-state index contributed by atoms with van der Waals surface area (Å²) in [5, 5.41) is 0.640. The van der Waals surface area contributed by atoms with Gasteiger partial charge in [-0.05, 0) is 31.5 Å². The molecule has 0 aliphatic rings. The number of ether oxygens (including phenoxy) is 1. The minimum atomic E-state index is -0.337. The summed E-state index contributed by atoms with van der Waals surface area (Å²) in [6.07, 6.45) is 0.656. The van der Waals surface area contributed by atoms with E-state index < -0.39 is 0 Å². The Morgan fingerprint density at radius 1 is 1.47 bits per heavy atom. The van der Waals surface area contributed by atoms with Crippen LogP contribution in [-0.4, -0.2) is 22.1 Å². The molecule has 0 saturated heterocycles. The zero-order valence-corrected chi connectivity index (χ0v) is 12.1. The molecule has 5 heteroatoms. The van der Waals surface area contributed by atoms with Gasteiger partial charge < -0.3 is 9.30 Å². The van der Waals surface area contributed by atoms with E-state index in [2.05, 4.69) is 4.98 Å². The fourth-order valence-corrected chi connectivity index (χ4v) is 2.37. The molecule has 1 heterocycles. The van der Waals surface area contributed by atoms with Crippen LogP contribution >= 0.6 is 11.6 Å². The highest BCUT2D eigenvalue weighted by atomic mass is 35.5. The predicted molar refractivity (Wildman–Crippen MR) is 75.4 cm³/mol. The maximum atomic E-state index is 12.0. The third-order valence-electron chi connectivity index (χ3n) is 3.17. The summed E-state index contributed by atoms with van der Waals surface area (Å²) in [5.74, 6) is 0.156. The van der Waals surface area contributed by atoms with Crippen molar-refractivity contribution in [1.82, 2.24) is 9.55 Å². The van der Waals surface area contributed by atoms with Crippen molar-refractivity contribution in [1.29, 1.82) is 0 Å². The minimum Gasteiger partial charge on any atom is -0.465 e. The van der Waals surface area contributed by atoms with Crippen LogP contribution in [0.5, 0.6) is 0 Å². The van der Waals surface area contributed by atoms with Crippen LogP contribution in [0.2, 0.25) is 5.02 Å². The van der Waals surface area contributed by atoms with E-state index in [0.717, 1.165) is 16.9 Å². The Labute approximate surface area is 117 Å². The van der Waals surface area contributed by atoms with E-state index in [1.54, 1.807) is 13.0 Å². The van der Waals surface area contributed by atoms with Gasteiger partial charge in [-0.3, -0.25) is 4.79 Å². The quantitative estimate of drug-likeness (QED) is 0.807. The maximum Gasteiger partial charge on any atom is 0.316 e. The lowest BCUT2D eigenvalue weighted by Crippen LogP contribution is -2.18. The molecule has 0 spiro atoms. The SMILES string of the molecule is CCOC(=O)C(CC)c1nc2cc(Cl)ccc2n1C. The van der Waals surface area contributed by atoms with Gasteiger partial charge in [0.15, 0.2) is 0 Å². The van der Waals surface area contributed by atoms with Crippen LogP contribution in [0.25, 0.3) is 11.0 Å². The van der Waals surface area contributed by atoms with Crippen molar-refractivity contribution in [3.8, 4) is 0 Å². The van der Waals surface area contributed by atoms with Gasteiger partial charge in [-0.15, -0.1) is 0 Å². The molecule has 4 nitrogen and oxygen atoms in total. The Morgan fingerprint density at radius 2 is 2.21 bits per heavy atom. The first kappa shape index (κ1) is 13.9. The Kier molecular flexibility index (Phi) is 4.10. The lowest BCUT2D eigenvalue weighted by molar-refractivity contribution is -0.145. The fraction of sp³-hybridized carbons (Fsp3) is 0.429. The lowest BCUT2D eigenvalue weighted by atomic mass is 10.1. The van der Waals surface area contributed by atoms with Crippen molar-refractivity contribution in [2.45, 2.75) is 26.2 Å². The van der Waals surface area contributed by atoms with Crippen LogP contribution in [0.3, 0.4) is 0 Å². The van der Waals surface area contributed by atoms with E-state index in [9.17, 15) is 4.79 Å². The number of hydrogen-bond donors (Lipinski definition) is 0. The van der Waals surface area contributed by atoms with Crippen LogP contribution in [0.15, 0.2) is 18.2 Å². The molecule has 0 saturated carbocycles. The van der Waals surface area contributed by atoms with Crippen molar-refractivity contribution in [2.75, 3.05) is 6.61 Å². The number of rotatable bonds is 4. The van der Waals surface area contributed by atoms with Gasteiger partial charge in [0.2, 0.25) is 0 Å². The third-order valence-corrected chi connectivity index (χ3v) is 3.40. The standard InChI is InChI=1S/C14H17ClN2O2/c1-4-10(14(18)19-5-2)13-16-11-8-9(15)6-7-12(11)17(13)3/h6-8,10H,4-5H2,1-3H3. The van der Waals surface area contributed by atoms with Crippen molar-refractivity contribution in [3.05, 3.63) is 29.0 Å². The monoisotopic (exact) mass is 280 g/mol. The van der Waals surface area contributed by atoms with E-state index in [1.165, 1.54) is 0 Å². The van der Waals surface area contributed by atoms with Gasteiger partial charge in [0.05, 0.1) is 17.6 Å². The summed E-state index contributed by atoms with van der Waals surface area (Å²) < 4.78 is 7.03. The number of aryl methyl sites for hydroxylation is 1. The van der Waals surface area contributed by atoms with Crippen LogP contribution in [0.4, 0.5) is 0 Å². The molecule has 0 aliphatic carbocycles. The van der Waals surface area contributed by atoms with Crippen molar-refractivity contribution < 1.29 is 9.53 Å². The molecule has 102 valence electrons. The maximum absolute atomic E-state index is 12.0. The number of carbonyl (C=O) groups excluding carboxylic acids is 1. The smallest absolute Gasteiger partial charge is 0.316 e. The topological polar surface area (TPSA) is 44.1 Å². The summed E-state index contributed by atoms with van der Waals surface area (Å²) in [5.41, 5.74) is 1.76. The Morgan fingerprint density at radius 3 is 2.84 bits per heavy atom. The van der Waals surface area contributed by atoms with Crippen LogP contribution in [0.1, 0.15) is 32.0 Å². The van der Waals surface area contributed by atoms with Gasteiger partial charge in [-0.1, -0.05) is 18.5 Å². The molecule has 1 unspecified atom stereocenters. The normalized spacial score (nSPS) is 12.6. The summed E-state index contributed by atoms with van der Waals surface area (Å²) in [6.45, 7) is 4.14. The molecule has 2 aromatic rings. The third kappa shape index (κ3) is 2.59. The Balaban J connectivity index is 2.48. The summed E-state index contributed by atoms with van der Waals surface area (Å²) in [6, 6.07) is 5.53. The zero-order chi connectivity index (χ0) is 14.0. The van der Waals surface area contributed by atoms with E-state index >= 15 is 0 Å². The molecule has 0 aliphatic heterocycles. The molecule has 1 aromatic heterocycles. The summed E-state index contributed by atoms with van der Waals surface area (Å²) >= 11 is 5.97. The highest BCUT2D eigenvalue weighted by Gasteiger charge is 2.25. The van der Waals surface area contributed by atoms with Crippen molar-refractivity contribution in [3.63, 3.8) is 0 Å². The van der Waals surface area contributed by atoms with E-state index in [4.69, 9.17) is 16.3 Å². The summed E-state index contributed by atoms with van der Waals surface area (Å²) in [4.78, 5) is 16.5. The largest absolute Gasteiger partial charge is 0.465 e. The molecule has 1 atom stereocenters. The molecule has 0 radical (unpaired) electrons. The molecular weight excluding hydrogens is 264 g/mol. The molecule has 19 heavy (non-hydrogen) atoms. The fourth-order valence-electron chi connectivity index (χ4n) is 2.20. The summed E-state index contributed by atoms with van der Waals surface area (Å²) in [7, 11) is 1.90. The number of benzene rings is 1. The second-order valence-electron chi connectivity index (χ2n) is 4.37. The Hall–Kier alpha value is -1.55. The van der Waals surface area contributed by atoms with E-state index in [0.29, 0.717) is 18.1 Å². The minimum absolute atomic E-state index is 0.227. The first-order valence-electron chi connectivity index (χ1n) is 6.37. The second kappa shape index (κ2) is 5.61. The highest BCUT2D eigenvalue weighted by Crippen LogP contribution is 2.26. The van der Waals surface area contributed by atoms with E-state index in [1.807, 2.05) is 30.7 Å². The Bertz CT molecular complexity index is 607. The molecule has 0 N–H and O–H groups in total. The number of fused-ring (bicyclic) bond motifs is 1. The first-order valence-corrected chi connectivity index (χ1v) is 6.74. The van der Waals surface area contributed by atoms with Gasteiger partial charge >= 0.3 is 5.97 Å². The van der Waals surface area contributed by atoms with Gasteiger partial charge in [-0.2, -0.15) is 0 Å². The van der Waals surface area contributed by atoms with Crippen LogP contribution in [-0.2, 0) is 16.6 Å². The number of halogens is 1. The van der Waals surface area contributed by atoms with Gasteiger partial charge in [0.25, 0.3) is 0 Å². The van der Waals surface area contributed by atoms with Crippen molar-refractivity contribution >= 4 is 28.6 Å². The number of aromatic nitrogens is 2. The number of hydrogen-bond acceptors (Lipinski definition) is 3. The molecule has 1 aromatic carbocycles. The average molecular weight is 281 g/mol. The van der Waals surface area contributed by atoms with Gasteiger partial charge in [0.1, 0.15) is 11.7 Å². The number of esters is 1. The number of carbonyl (C=O) groups is 1. The van der Waals surface area contributed by atoms with Crippen LogP contribution < -0.4 is 0 Å². The average Bonchev–Trinajstić information content (AvgIpc) is 2.68. The number of nitrogens with zero attached hydrogens (tertiary/aromatic N) is 2. The predicted octanol–water partition coefficient (Wildman–Crippen LogP) is 3.28. The molecular formula is C14H17ClN2O2. The van der Waals surface area contributed by atoms with Gasteiger partial charge in [-0.25, -0.2) is 4.98 Å². The molecule has 0 fully saturated rings. The van der Waals surface area contributed by atoms with Gasteiger partial charge in [0, 0.05) is 12.1 Å². The van der Waals surface area contributed by atoms with Crippen molar-refractivity contribution in [2.24, 2.45) is 7.05 Å². The lowest BCUT2D eigenvalue weighted by Gasteiger charge is -2.13. The first-order chi connectivity index (χ1) is 9.08. The van der Waals surface area contributed by atoms with Crippen LogP contribution in [0, 0.1) is 0 Å². The molecule has 0 bridgehead atoms. The molecule has 2 rings (SSSR count).